The Hall–Kier alpha value is -2.55. The summed E-state index contributed by atoms with van der Waals surface area (Å²) >= 11 is 3.27. The van der Waals surface area contributed by atoms with Gasteiger partial charge in [0, 0.05) is 4.47 Å². The second-order valence-electron chi connectivity index (χ2n) is 5.35. The van der Waals surface area contributed by atoms with Crippen LogP contribution in [0.1, 0.15) is 5.56 Å². The zero-order chi connectivity index (χ0) is 18.9. The lowest BCUT2D eigenvalue weighted by atomic mass is 10.2. The molecule has 0 atom stereocenters. The SMILES string of the molecule is O=C(CN1C(=O)COc2cc(Br)ccc21)Oc1ccccc1C(F)(F)F. The Morgan fingerprint density at radius 1 is 1.23 bits per heavy atom. The number of rotatable bonds is 3. The number of ether oxygens (including phenoxy) is 2. The van der Waals surface area contributed by atoms with Crippen molar-refractivity contribution in [1.82, 2.24) is 0 Å². The van der Waals surface area contributed by atoms with Crippen molar-refractivity contribution < 1.29 is 32.2 Å². The third kappa shape index (κ3) is 3.82. The Morgan fingerprint density at radius 3 is 2.69 bits per heavy atom. The fraction of sp³-hybridized carbons (Fsp3) is 0.176. The normalized spacial score (nSPS) is 13.8. The van der Waals surface area contributed by atoms with Crippen molar-refractivity contribution in [3.8, 4) is 11.5 Å². The highest BCUT2D eigenvalue weighted by atomic mass is 79.9. The average molecular weight is 430 g/mol. The predicted molar refractivity (Wildman–Crippen MR) is 89.1 cm³/mol. The van der Waals surface area contributed by atoms with E-state index in [1.165, 1.54) is 12.1 Å². The van der Waals surface area contributed by atoms with Crippen molar-refractivity contribution in [2.45, 2.75) is 6.18 Å². The number of hydrogen-bond acceptors (Lipinski definition) is 4. The molecular formula is C17H11BrF3NO4. The van der Waals surface area contributed by atoms with Crippen LogP contribution in [0, 0.1) is 0 Å². The zero-order valence-electron chi connectivity index (χ0n) is 13.0. The maximum Gasteiger partial charge on any atom is 0.419 e. The fourth-order valence-electron chi connectivity index (χ4n) is 2.43. The van der Waals surface area contributed by atoms with E-state index in [0.717, 1.165) is 17.0 Å². The van der Waals surface area contributed by atoms with E-state index in [0.29, 0.717) is 15.9 Å². The Kier molecular flexibility index (Phi) is 4.90. The number of anilines is 1. The van der Waals surface area contributed by atoms with Crippen LogP contribution in [0.4, 0.5) is 18.9 Å². The number of alkyl halides is 3. The molecule has 0 N–H and O–H groups in total. The van der Waals surface area contributed by atoms with Crippen molar-refractivity contribution in [2.75, 3.05) is 18.1 Å². The van der Waals surface area contributed by atoms with Crippen LogP contribution >= 0.6 is 15.9 Å². The van der Waals surface area contributed by atoms with E-state index in [-0.39, 0.29) is 6.61 Å². The van der Waals surface area contributed by atoms with Gasteiger partial charge in [-0.05, 0) is 30.3 Å². The van der Waals surface area contributed by atoms with Crippen LogP contribution in [-0.2, 0) is 15.8 Å². The summed E-state index contributed by atoms with van der Waals surface area (Å²) in [5.41, 5.74) is -0.725. The van der Waals surface area contributed by atoms with Gasteiger partial charge in [0.05, 0.1) is 11.3 Å². The summed E-state index contributed by atoms with van der Waals surface area (Å²) in [7, 11) is 0. The van der Waals surface area contributed by atoms with E-state index >= 15 is 0 Å². The molecule has 136 valence electrons. The summed E-state index contributed by atoms with van der Waals surface area (Å²) in [6.45, 7) is -0.821. The highest BCUT2D eigenvalue weighted by Gasteiger charge is 2.35. The van der Waals surface area contributed by atoms with E-state index in [9.17, 15) is 22.8 Å². The lowest BCUT2D eigenvalue weighted by Crippen LogP contribution is -2.43. The molecule has 0 fully saturated rings. The maximum atomic E-state index is 13.0. The van der Waals surface area contributed by atoms with Gasteiger partial charge >= 0.3 is 12.1 Å². The summed E-state index contributed by atoms with van der Waals surface area (Å²) in [6.07, 6.45) is -4.66. The van der Waals surface area contributed by atoms with Crippen molar-refractivity contribution in [3.63, 3.8) is 0 Å². The van der Waals surface area contributed by atoms with Crippen LogP contribution in [-0.4, -0.2) is 25.0 Å². The predicted octanol–water partition coefficient (Wildman–Crippen LogP) is 3.80. The summed E-state index contributed by atoms with van der Waals surface area (Å²) in [5.74, 6) is -1.73. The molecular weight excluding hydrogens is 419 g/mol. The molecule has 0 unspecified atom stereocenters. The minimum absolute atomic E-state index is 0.282. The molecule has 2 aromatic rings. The summed E-state index contributed by atoms with van der Waals surface area (Å²) in [4.78, 5) is 25.3. The lowest BCUT2D eigenvalue weighted by Gasteiger charge is -2.28. The number of fused-ring (bicyclic) bond motifs is 1. The van der Waals surface area contributed by atoms with Gasteiger partial charge in [-0.15, -0.1) is 0 Å². The molecule has 0 saturated carbocycles. The van der Waals surface area contributed by atoms with Crippen molar-refractivity contribution >= 4 is 33.5 Å². The van der Waals surface area contributed by atoms with Crippen LogP contribution in [0.2, 0.25) is 0 Å². The quantitative estimate of drug-likeness (QED) is 0.550. The topological polar surface area (TPSA) is 55.8 Å². The van der Waals surface area contributed by atoms with Crippen molar-refractivity contribution in [1.29, 1.82) is 0 Å². The van der Waals surface area contributed by atoms with Crippen LogP contribution in [0.15, 0.2) is 46.9 Å². The summed E-state index contributed by atoms with van der Waals surface area (Å²) in [5, 5.41) is 0. The van der Waals surface area contributed by atoms with E-state index in [1.54, 1.807) is 18.2 Å². The molecule has 0 spiro atoms. The summed E-state index contributed by atoms with van der Waals surface area (Å²) < 4.78 is 49.8. The molecule has 0 saturated heterocycles. The molecule has 5 nitrogen and oxygen atoms in total. The number of carbonyl (C=O) groups is 2. The maximum absolute atomic E-state index is 13.0. The largest absolute Gasteiger partial charge is 0.482 e. The minimum atomic E-state index is -4.66. The van der Waals surface area contributed by atoms with Gasteiger partial charge in [0.1, 0.15) is 18.0 Å². The van der Waals surface area contributed by atoms with Gasteiger partial charge in [0.15, 0.2) is 6.61 Å². The molecule has 1 heterocycles. The van der Waals surface area contributed by atoms with Crippen LogP contribution in [0.3, 0.4) is 0 Å². The molecule has 1 aliphatic rings. The highest BCUT2D eigenvalue weighted by molar-refractivity contribution is 9.10. The molecule has 0 radical (unpaired) electrons. The van der Waals surface area contributed by atoms with E-state index in [4.69, 9.17) is 9.47 Å². The molecule has 3 rings (SSSR count). The lowest BCUT2D eigenvalue weighted by molar-refractivity contribution is -0.142. The van der Waals surface area contributed by atoms with E-state index in [1.807, 2.05) is 0 Å². The molecule has 26 heavy (non-hydrogen) atoms. The molecule has 0 aromatic heterocycles. The number of benzene rings is 2. The monoisotopic (exact) mass is 429 g/mol. The fourth-order valence-corrected chi connectivity index (χ4v) is 2.77. The van der Waals surface area contributed by atoms with Gasteiger partial charge in [-0.2, -0.15) is 13.2 Å². The van der Waals surface area contributed by atoms with Crippen LogP contribution in [0.5, 0.6) is 11.5 Å². The van der Waals surface area contributed by atoms with Crippen LogP contribution < -0.4 is 14.4 Å². The number of nitrogens with zero attached hydrogens (tertiary/aromatic N) is 1. The summed E-state index contributed by atoms with van der Waals surface area (Å²) in [6, 6.07) is 9.22. The average Bonchev–Trinajstić information content (AvgIpc) is 2.57. The van der Waals surface area contributed by atoms with Gasteiger partial charge in [-0.3, -0.25) is 9.69 Å². The third-order valence-electron chi connectivity index (χ3n) is 3.57. The van der Waals surface area contributed by atoms with E-state index in [2.05, 4.69) is 15.9 Å². The minimum Gasteiger partial charge on any atom is -0.482 e. The van der Waals surface area contributed by atoms with Gasteiger partial charge in [0.2, 0.25) is 0 Å². The Labute approximate surface area is 154 Å². The first-order valence-corrected chi connectivity index (χ1v) is 8.14. The number of carbonyl (C=O) groups excluding carboxylic acids is 2. The first-order chi connectivity index (χ1) is 12.3. The van der Waals surface area contributed by atoms with Crippen molar-refractivity contribution in [2.24, 2.45) is 0 Å². The smallest absolute Gasteiger partial charge is 0.419 e. The van der Waals surface area contributed by atoms with Gasteiger partial charge < -0.3 is 9.47 Å². The second kappa shape index (κ2) is 6.99. The Bertz CT molecular complexity index is 869. The van der Waals surface area contributed by atoms with Gasteiger partial charge in [-0.1, -0.05) is 28.1 Å². The standard InChI is InChI=1S/C17H11BrF3NO4/c18-10-5-6-12-14(7-10)25-9-15(23)22(12)8-16(24)26-13-4-2-1-3-11(13)17(19,20)21/h1-7H,8-9H2. The molecule has 2 aromatic carbocycles. The Morgan fingerprint density at radius 2 is 1.96 bits per heavy atom. The first-order valence-electron chi connectivity index (χ1n) is 7.35. The van der Waals surface area contributed by atoms with Gasteiger partial charge in [0.25, 0.3) is 5.91 Å². The Balaban J connectivity index is 1.81. The van der Waals surface area contributed by atoms with E-state index < -0.39 is 35.9 Å². The number of esters is 1. The highest BCUT2D eigenvalue weighted by Crippen LogP contribution is 2.37. The third-order valence-corrected chi connectivity index (χ3v) is 4.06. The first kappa shape index (κ1) is 18.2. The molecule has 9 heteroatoms. The van der Waals surface area contributed by atoms with Crippen molar-refractivity contribution in [3.05, 3.63) is 52.5 Å². The number of para-hydroxylation sites is 1. The molecule has 1 amide bonds. The zero-order valence-corrected chi connectivity index (χ0v) is 14.6. The molecule has 0 bridgehead atoms. The van der Waals surface area contributed by atoms with Gasteiger partial charge in [-0.25, -0.2) is 4.79 Å². The second-order valence-corrected chi connectivity index (χ2v) is 6.26. The molecule has 0 aliphatic carbocycles. The number of hydrogen-bond donors (Lipinski definition) is 0. The molecule has 1 aliphatic heterocycles. The number of halogens is 4. The number of amides is 1. The van der Waals surface area contributed by atoms with Crippen LogP contribution in [0.25, 0.3) is 0 Å².